The summed E-state index contributed by atoms with van der Waals surface area (Å²) in [4.78, 5) is 23.2. The van der Waals surface area contributed by atoms with Crippen LogP contribution in [0, 0.1) is 17.5 Å². The average molecular weight is 423 g/mol. The zero-order valence-corrected chi connectivity index (χ0v) is 16.4. The van der Waals surface area contributed by atoms with Gasteiger partial charge in [0.15, 0.2) is 17.5 Å². The van der Waals surface area contributed by atoms with Crippen LogP contribution in [-0.2, 0) is 20.0 Å². The first-order valence-corrected chi connectivity index (χ1v) is 9.61. The second-order valence-corrected chi connectivity index (χ2v) is 7.39. The lowest BCUT2D eigenvalue weighted by molar-refractivity contribution is 0.0734. The first-order chi connectivity index (χ1) is 14.9. The van der Waals surface area contributed by atoms with Crippen molar-refractivity contribution in [3.05, 3.63) is 77.1 Å². The molecule has 6 nitrogen and oxygen atoms in total. The van der Waals surface area contributed by atoms with Crippen molar-refractivity contribution < 1.29 is 18.0 Å². The second kappa shape index (κ2) is 7.19. The Bertz CT molecular complexity index is 1320. The summed E-state index contributed by atoms with van der Waals surface area (Å²) in [5, 5.41) is 5.17. The molecular weight excluding hydrogens is 407 g/mol. The monoisotopic (exact) mass is 423 g/mol. The lowest BCUT2D eigenvalue weighted by Gasteiger charge is -2.27. The Balaban J connectivity index is 1.50. The van der Waals surface area contributed by atoms with Gasteiger partial charge in [0, 0.05) is 42.5 Å². The molecule has 0 fully saturated rings. The van der Waals surface area contributed by atoms with Crippen LogP contribution in [0.3, 0.4) is 0 Å². The summed E-state index contributed by atoms with van der Waals surface area (Å²) in [5.74, 6) is -4.21. The molecule has 0 saturated heterocycles. The molecule has 0 spiro atoms. The summed E-state index contributed by atoms with van der Waals surface area (Å²) in [7, 11) is 1.65. The van der Waals surface area contributed by atoms with Crippen molar-refractivity contribution in [2.75, 3.05) is 6.54 Å². The van der Waals surface area contributed by atoms with Gasteiger partial charge in [0.25, 0.3) is 5.91 Å². The number of hydrogen-bond acceptors (Lipinski definition) is 4. The molecule has 0 N–H and O–H groups in total. The molecule has 9 heteroatoms. The van der Waals surface area contributed by atoms with Crippen LogP contribution in [0.4, 0.5) is 13.2 Å². The van der Waals surface area contributed by atoms with Crippen molar-refractivity contribution in [2.24, 2.45) is 7.05 Å². The van der Waals surface area contributed by atoms with E-state index in [9.17, 15) is 18.0 Å². The predicted octanol–water partition coefficient (Wildman–Crippen LogP) is 3.65. The first kappa shape index (κ1) is 19.2. The Morgan fingerprint density at radius 2 is 1.90 bits per heavy atom. The van der Waals surface area contributed by atoms with Gasteiger partial charge in [-0.05, 0) is 24.6 Å². The molecule has 156 valence electrons. The third-order valence-corrected chi connectivity index (χ3v) is 5.50. The van der Waals surface area contributed by atoms with Crippen LogP contribution in [0.25, 0.3) is 22.2 Å². The summed E-state index contributed by atoms with van der Waals surface area (Å²) >= 11 is 0. The van der Waals surface area contributed by atoms with E-state index in [4.69, 9.17) is 0 Å². The SMILES string of the molecule is Cn1nc2c(c1-c1cc(F)c(F)c(F)c1)CCN(C(=O)c1cncc3ncccc13)C2. The molecule has 0 radical (unpaired) electrons. The van der Waals surface area contributed by atoms with E-state index in [0.29, 0.717) is 40.8 Å². The number of rotatable bonds is 2. The normalized spacial score (nSPS) is 13.5. The molecule has 31 heavy (non-hydrogen) atoms. The van der Waals surface area contributed by atoms with E-state index in [0.717, 1.165) is 17.7 Å². The molecular formula is C22H16F3N5O. The van der Waals surface area contributed by atoms with Crippen LogP contribution in [0.1, 0.15) is 21.6 Å². The molecule has 1 amide bonds. The van der Waals surface area contributed by atoms with Crippen LogP contribution in [0.5, 0.6) is 0 Å². The van der Waals surface area contributed by atoms with Gasteiger partial charge in [-0.25, -0.2) is 13.2 Å². The fourth-order valence-electron chi connectivity index (χ4n) is 4.09. The molecule has 1 aliphatic rings. The zero-order chi connectivity index (χ0) is 21.7. The molecule has 3 aromatic heterocycles. The van der Waals surface area contributed by atoms with Crippen LogP contribution in [-0.4, -0.2) is 37.1 Å². The van der Waals surface area contributed by atoms with Crippen LogP contribution in [0.15, 0.2) is 42.9 Å². The Morgan fingerprint density at radius 3 is 2.68 bits per heavy atom. The van der Waals surface area contributed by atoms with Crippen molar-refractivity contribution >= 4 is 16.8 Å². The fraction of sp³-hybridized carbons (Fsp3) is 0.182. The number of aryl methyl sites for hydroxylation is 1. The highest BCUT2D eigenvalue weighted by Crippen LogP contribution is 2.32. The number of halogens is 3. The van der Waals surface area contributed by atoms with E-state index in [2.05, 4.69) is 15.1 Å². The van der Waals surface area contributed by atoms with E-state index in [1.165, 1.54) is 10.9 Å². The molecule has 4 aromatic rings. The lowest BCUT2D eigenvalue weighted by Crippen LogP contribution is -2.36. The number of aromatic nitrogens is 4. The van der Waals surface area contributed by atoms with E-state index in [1.807, 2.05) is 6.07 Å². The molecule has 0 bridgehead atoms. The Hall–Kier alpha value is -3.75. The van der Waals surface area contributed by atoms with Gasteiger partial charge in [-0.3, -0.25) is 19.4 Å². The molecule has 4 heterocycles. The quantitative estimate of drug-likeness (QED) is 0.462. The predicted molar refractivity (Wildman–Crippen MR) is 107 cm³/mol. The highest BCUT2D eigenvalue weighted by Gasteiger charge is 2.29. The topological polar surface area (TPSA) is 63.9 Å². The summed E-state index contributed by atoms with van der Waals surface area (Å²) in [5.41, 5.74) is 3.22. The highest BCUT2D eigenvalue weighted by atomic mass is 19.2. The van der Waals surface area contributed by atoms with E-state index in [-0.39, 0.29) is 18.0 Å². The van der Waals surface area contributed by atoms with Crippen LogP contribution in [0.2, 0.25) is 0 Å². The van der Waals surface area contributed by atoms with Crippen molar-refractivity contribution in [3.8, 4) is 11.3 Å². The van der Waals surface area contributed by atoms with Gasteiger partial charge in [-0.2, -0.15) is 5.10 Å². The first-order valence-electron chi connectivity index (χ1n) is 9.61. The van der Waals surface area contributed by atoms with Gasteiger partial charge in [-0.15, -0.1) is 0 Å². The molecule has 0 saturated carbocycles. The van der Waals surface area contributed by atoms with Crippen molar-refractivity contribution in [3.63, 3.8) is 0 Å². The molecule has 0 atom stereocenters. The van der Waals surface area contributed by atoms with Crippen LogP contribution < -0.4 is 0 Å². The maximum atomic E-state index is 13.8. The second-order valence-electron chi connectivity index (χ2n) is 7.39. The standard InChI is InChI=1S/C22H16F3N5O/c1-29-21(12-7-16(23)20(25)17(24)8-12)14-4-6-30(11-19(14)28-29)22(31)15-9-26-10-18-13(15)3-2-5-27-18/h2-3,5,7-10H,4,6,11H2,1H3. The number of hydrogen-bond donors (Lipinski definition) is 0. The maximum Gasteiger partial charge on any atom is 0.256 e. The number of benzene rings is 1. The van der Waals surface area contributed by atoms with Gasteiger partial charge in [0.2, 0.25) is 0 Å². The van der Waals surface area contributed by atoms with Gasteiger partial charge in [-0.1, -0.05) is 6.07 Å². The third kappa shape index (κ3) is 3.13. The van der Waals surface area contributed by atoms with Gasteiger partial charge in [0.05, 0.1) is 35.2 Å². The van der Waals surface area contributed by atoms with Gasteiger partial charge in [0.1, 0.15) is 0 Å². The van der Waals surface area contributed by atoms with Crippen molar-refractivity contribution in [1.29, 1.82) is 0 Å². The number of pyridine rings is 2. The molecule has 0 aliphatic carbocycles. The third-order valence-electron chi connectivity index (χ3n) is 5.50. The number of carbonyl (C=O) groups is 1. The lowest BCUT2D eigenvalue weighted by atomic mass is 9.99. The van der Waals surface area contributed by atoms with Crippen molar-refractivity contribution in [1.82, 2.24) is 24.6 Å². The Morgan fingerprint density at radius 1 is 1.13 bits per heavy atom. The van der Waals surface area contributed by atoms with Crippen LogP contribution >= 0.6 is 0 Å². The summed E-state index contributed by atoms with van der Waals surface area (Å²) in [6.07, 6.45) is 5.21. The maximum absolute atomic E-state index is 13.8. The smallest absolute Gasteiger partial charge is 0.256 e. The molecule has 1 aliphatic heterocycles. The summed E-state index contributed by atoms with van der Waals surface area (Å²) < 4.78 is 42.4. The molecule has 1 aromatic carbocycles. The van der Waals surface area contributed by atoms with Crippen molar-refractivity contribution in [2.45, 2.75) is 13.0 Å². The fourth-order valence-corrected chi connectivity index (χ4v) is 4.09. The minimum atomic E-state index is -1.50. The average Bonchev–Trinajstić information content (AvgIpc) is 3.11. The van der Waals surface area contributed by atoms with Gasteiger partial charge < -0.3 is 4.90 Å². The summed E-state index contributed by atoms with van der Waals surface area (Å²) in [6, 6.07) is 5.51. The van der Waals surface area contributed by atoms with Gasteiger partial charge >= 0.3 is 0 Å². The molecule has 5 rings (SSSR count). The number of nitrogens with zero attached hydrogens (tertiary/aromatic N) is 5. The Labute approximate surface area is 175 Å². The zero-order valence-electron chi connectivity index (χ0n) is 16.4. The number of amides is 1. The number of carbonyl (C=O) groups excluding carboxylic acids is 1. The minimum Gasteiger partial charge on any atom is -0.332 e. The highest BCUT2D eigenvalue weighted by molar-refractivity contribution is 6.05. The Kier molecular flexibility index (Phi) is 4.46. The minimum absolute atomic E-state index is 0.192. The largest absolute Gasteiger partial charge is 0.332 e. The molecule has 0 unspecified atom stereocenters. The summed E-state index contributed by atoms with van der Waals surface area (Å²) in [6.45, 7) is 0.637. The number of fused-ring (bicyclic) bond motifs is 2. The van der Waals surface area contributed by atoms with E-state index < -0.39 is 17.5 Å². The van der Waals surface area contributed by atoms with E-state index >= 15 is 0 Å². The van der Waals surface area contributed by atoms with E-state index in [1.54, 1.807) is 30.4 Å².